The van der Waals surface area contributed by atoms with Crippen LogP contribution in [0.5, 0.6) is 5.75 Å². The molecule has 0 bridgehead atoms. The number of amides is 1. The van der Waals surface area contributed by atoms with Crippen molar-refractivity contribution in [2.45, 2.75) is 13.3 Å². The minimum absolute atomic E-state index is 0.0225. The van der Waals surface area contributed by atoms with E-state index in [1.165, 1.54) is 17.4 Å². The van der Waals surface area contributed by atoms with Crippen molar-refractivity contribution in [1.29, 1.82) is 0 Å². The van der Waals surface area contributed by atoms with Gasteiger partial charge in [-0.1, -0.05) is 0 Å². The molecule has 1 atom stereocenters. The molecule has 1 aromatic rings. The van der Waals surface area contributed by atoms with E-state index in [1.54, 1.807) is 5.38 Å². The van der Waals surface area contributed by atoms with Crippen molar-refractivity contribution in [2.24, 2.45) is 5.92 Å². The number of nitrogens with zero attached hydrogens (tertiary/aromatic N) is 1. The number of rotatable bonds is 4. The normalized spacial score (nSPS) is 19.8. The second kappa shape index (κ2) is 5.51. The van der Waals surface area contributed by atoms with Gasteiger partial charge in [-0.2, -0.15) is 0 Å². The van der Waals surface area contributed by atoms with E-state index < -0.39 is 0 Å². The Morgan fingerprint density at radius 3 is 3.18 bits per heavy atom. The molecule has 2 rings (SSSR count). The van der Waals surface area contributed by atoms with Gasteiger partial charge in [-0.05, 0) is 13.3 Å². The molecule has 94 valence electrons. The average Bonchev–Trinajstić information content (AvgIpc) is 2.94. The Morgan fingerprint density at radius 2 is 2.53 bits per heavy atom. The van der Waals surface area contributed by atoms with Gasteiger partial charge in [-0.25, -0.2) is 0 Å². The summed E-state index contributed by atoms with van der Waals surface area (Å²) in [5, 5.41) is 10.8. The van der Waals surface area contributed by atoms with Crippen LogP contribution in [0, 0.1) is 5.92 Å². The van der Waals surface area contributed by atoms with E-state index in [-0.39, 0.29) is 11.7 Å². The number of likely N-dealkylation sites (tertiary alicyclic amines) is 1. The smallest absolute Gasteiger partial charge is 0.264 e. The number of hydrogen-bond acceptors (Lipinski definition) is 4. The predicted octanol–water partition coefficient (Wildman–Crippen LogP) is 1.95. The summed E-state index contributed by atoms with van der Waals surface area (Å²) in [5.74, 6) is 0.644. The van der Waals surface area contributed by atoms with Crippen LogP contribution in [0.2, 0.25) is 0 Å². The molecule has 1 fully saturated rings. The summed E-state index contributed by atoms with van der Waals surface area (Å²) in [5.41, 5.74) is 0. The molecular formula is C12H17NO3S. The molecule has 0 aliphatic carbocycles. The molecule has 1 aliphatic rings. The fraction of sp³-hybridized carbons (Fsp3) is 0.583. The van der Waals surface area contributed by atoms with Crippen LogP contribution in [-0.4, -0.2) is 42.2 Å². The largest absolute Gasteiger partial charge is 0.507 e. The van der Waals surface area contributed by atoms with Gasteiger partial charge >= 0.3 is 0 Å². The Bertz CT molecular complexity index is 391. The number of thiophene rings is 1. The van der Waals surface area contributed by atoms with Crippen molar-refractivity contribution in [3.05, 3.63) is 16.3 Å². The van der Waals surface area contributed by atoms with Crippen molar-refractivity contribution < 1.29 is 14.6 Å². The van der Waals surface area contributed by atoms with Crippen LogP contribution in [0.15, 0.2) is 11.4 Å². The number of carbonyl (C=O) groups is 1. The number of ether oxygens (including phenoxy) is 1. The summed E-state index contributed by atoms with van der Waals surface area (Å²) in [4.78, 5) is 14.5. The van der Waals surface area contributed by atoms with Crippen LogP contribution in [-0.2, 0) is 4.74 Å². The maximum absolute atomic E-state index is 12.1. The van der Waals surface area contributed by atoms with Gasteiger partial charge in [-0.15, -0.1) is 11.3 Å². The fourth-order valence-corrected chi connectivity index (χ4v) is 2.77. The van der Waals surface area contributed by atoms with Gasteiger partial charge < -0.3 is 14.7 Å². The molecule has 1 aromatic heterocycles. The molecule has 1 N–H and O–H groups in total. The second-order valence-corrected chi connectivity index (χ2v) is 5.15. The molecule has 2 heterocycles. The van der Waals surface area contributed by atoms with E-state index in [0.717, 1.165) is 32.7 Å². The lowest BCUT2D eigenvalue weighted by atomic mass is 10.1. The van der Waals surface area contributed by atoms with E-state index >= 15 is 0 Å². The highest BCUT2D eigenvalue weighted by atomic mass is 32.1. The van der Waals surface area contributed by atoms with Crippen LogP contribution in [0.4, 0.5) is 0 Å². The number of aromatic hydroxyl groups is 1. The summed E-state index contributed by atoms with van der Waals surface area (Å²) in [7, 11) is 0. The maximum Gasteiger partial charge on any atom is 0.264 e. The van der Waals surface area contributed by atoms with Gasteiger partial charge in [0.15, 0.2) is 0 Å². The third-order valence-electron chi connectivity index (χ3n) is 2.93. The first-order chi connectivity index (χ1) is 8.20. The molecular weight excluding hydrogens is 238 g/mol. The molecule has 1 amide bonds. The van der Waals surface area contributed by atoms with E-state index in [1.807, 2.05) is 11.8 Å². The quantitative estimate of drug-likeness (QED) is 0.894. The molecule has 4 nitrogen and oxygen atoms in total. The van der Waals surface area contributed by atoms with Gasteiger partial charge in [0.2, 0.25) is 0 Å². The maximum atomic E-state index is 12.1. The fourth-order valence-electron chi connectivity index (χ4n) is 2.03. The minimum atomic E-state index is 0.0225. The zero-order valence-corrected chi connectivity index (χ0v) is 10.7. The molecule has 1 aliphatic heterocycles. The molecule has 1 saturated heterocycles. The van der Waals surface area contributed by atoms with E-state index in [9.17, 15) is 9.90 Å². The van der Waals surface area contributed by atoms with E-state index in [4.69, 9.17) is 4.74 Å². The molecule has 0 saturated carbocycles. The minimum Gasteiger partial charge on any atom is -0.507 e. The van der Waals surface area contributed by atoms with Crippen LogP contribution in [0.1, 0.15) is 23.0 Å². The molecule has 5 heteroatoms. The SMILES string of the molecule is CCOC[C@@H]1CCN(C(=O)c2cc(O)cs2)C1. The highest BCUT2D eigenvalue weighted by Crippen LogP contribution is 2.24. The number of hydrogen-bond donors (Lipinski definition) is 1. The first kappa shape index (κ1) is 12.4. The molecule has 0 aromatic carbocycles. The van der Waals surface area contributed by atoms with E-state index in [2.05, 4.69) is 0 Å². The zero-order chi connectivity index (χ0) is 12.3. The summed E-state index contributed by atoms with van der Waals surface area (Å²) in [6.07, 6.45) is 1.00. The van der Waals surface area contributed by atoms with Crippen molar-refractivity contribution in [2.75, 3.05) is 26.3 Å². The van der Waals surface area contributed by atoms with Gasteiger partial charge in [-0.3, -0.25) is 4.79 Å². The highest BCUT2D eigenvalue weighted by molar-refractivity contribution is 7.12. The Balaban J connectivity index is 1.90. The lowest BCUT2D eigenvalue weighted by molar-refractivity contribution is 0.0767. The Morgan fingerprint density at radius 1 is 1.71 bits per heavy atom. The zero-order valence-electron chi connectivity index (χ0n) is 9.89. The Hall–Kier alpha value is -1.07. The van der Waals surface area contributed by atoms with Crippen LogP contribution in [0.3, 0.4) is 0 Å². The van der Waals surface area contributed by atoms with Crippen molar-refractivity contribution >= 4 is 17.2 Å². The van der Waals surface area contributed by atoms with Gasteiger partial charge in [0.25, 0.3) is 5.91 Å². The van der Waals surface area contributed by atoms with Crippen LogP contribution in [0.25, 0.3) is 0 Å². The summed E-state index contributed by atoms with van der Waals surface area (Å²) in [6.45, 7) is 4.98. The standard InChI is InChI=1S/C12H17NO3S/c1-2-16-7-9-3-4-13(6-9)12(15)11-5-10(14)8-17-11/h5,8-9,14H,2-4,6-7H2,1H3/t9-/m1/s1. The Kier molecular flexibility index (Phi) is 4.02. The Labute approximate surface area is 105 Å². The molecule has 0 spiro atoms. The third kappa shape index (κ3) is 2.98. The lowest BCUT2D eigenvalue weighted by Gasteiger charge is -2.15. The summed E-state index contributed by atoms with van der Waals surface area (Å²) in [6, 6.07) is 1.53. The first-order valence-corrected chi connectivity index (χ1v) is 6.73. The monoisotopic (exact) mass is 255 g/mol. The van der Waals surface area contributed by atoms with Gasteiger partial charge in [0.05, 0.1) is 11.5 Å². The second-order valence-electron chi connectivity index (χ2n) is 4.23. The van der Waals surface area contributed by atoms with Crippen LogP contribution < -0.4 is 0 Å². The van der Waals surface area contributed by atoms with Crippen molar-refractivity contribution in [3.63, 3.8) is 0 Å². The third-order valence-corrected chi connectivity index (χ3v) is 3.83. The van der Waals surface area contributed by atoms with Gasteiger partial charge in [0.1, 0.15) is 5.75 Å². The molecule has 0 unspecified atom stereocenters. The van der Waals surface area contributed by atoms with Crippen LogP contribution >= 0.6 is 11.3 Å². The first-order valence-electron chi connectivity index (χ1n) is 5.85. The van der Waals surface area contributed by atoms with Crippen molar-refractivity contribution in [3.8, 4) is 5.75 Å². The number of carbonyl (C=O) groups excluding carboxylic acids is 1. The lowest BCUT2D eigenvalue weighted by Crippen LogP contribution is -2.28. The molecule has 17 heavy (non-hydrogen) atoms. The summed E-state index contributed by atoms with van der Waals surface area (Å²) >= 11 is 1.29. The van der Waals surface area contributed by atoms with E-state index in [0.29, 0.717) is 10.8 Å². The average molecular weight is 255 g/mol. The predicted molar refractivity (Wildman–Crippen MR) is 66.5 cm³/mol. The highest BCUT2D eigenvalue weighted by Gasteiger charge is 2.27. The van der Waals surface area contributed by atoms with Crippen molar-refractivity contribution in [1.82, 2.24) is 4.90 Å². The molecule has 0 radical (unpaired) electrons. The topological polar surface area (TPSA) is 49.8 Å². The van der Waals surface area contributed by atoms with Gasteiger partial charge in [0, 0.05) is 37.1 Å². The summed E-state index contributed by atoms with van der Waals surface area (Å²) < 4.78 is 5.38.